The molecule has 2 heterocycles. The summed E-state index contributed by atoms with van der Waals surface area (Å²) in [4.78, 5) is 4.30. The average molecular weight is 248 g/mol. The standard InChI is InChI=1S/C15H24N2O/c1-4-12-5-6-17-15(7-12)13-8-14(10-16-9-13)18-11(2)3/h8-12,15,17H,4-7H2,1-3H3. The minimum absolute atomic E-state index is 0.199. The molecule has 1 N–H and O–H groups in total. The van der Waals surface area contributed by atoms with Crippen LogP contribution in [0.3, 0.4) is 0 Å². The molecule has 0 bridgehead atoms. The summed E-state index contributed by atoms with van der Waals surface area (Å²) < 4.78 is 5.71. The van der Waals surface area contributed by atoms with Gasteiger partial charge in [-0.05, 0) is 50.8 Å². The summed E-state index contributed by atoms with van der Waals surface area (Å²) in [6.45, 7) is 7.47. The molecule has 0 aliphatic carbocycles. The van der Waals surface area contributed by atoms with Gasteiger partial charge >= 0.3 is 0 Å². The third-order valence-corrected chi connectivity index (χ3v) is 3.60. The number of nitrogens with zero attached hydrogens (tertiary/aromatic N) is 1. The van der Waals surface area contributed by atoms with Gasteiger partial charge in [0.25, 0.3) is 0 Å². The highest BCUT2D eigenvalue weighted by atomic mass is 16.5. The minimum atomic E-state index is 0.199. The molecule has 1 aromatic rings. The first-order valence-corrected chi connectivity index (χ1v) is 7.04. The second-order valence-corrected chi connectivity index (χ2v) is 5.43. The lowest BCUT2D eigenvalue weighted by Crippen LogP contribution is -2.31. The van der Waals surface area contributed by atoms with E-state index in [0.29, 0.717) is 6.04 Å². The van der Waals surface area contributed by atoms with Crippen LogP contribution in [0.1, 0.15) is 51.6 Å². The highest BCUT2D eigenvalue weighted by Gasteiger charge is 2.22. The molecule has 2 atom stereocenters. The van der Waals surface area contributed by atoms with Crippen molar-refractivity contribution in [3.8, 4) is 5.75 Å². The molecular formula is C15H24N2O. The summed E-state index contributed by atoms with van der Waals surface area (Å²) in [5, 5.41) is 3.58. The Morgan fingerprint density at radius 2 is 2.28 bits per heavy atom. The van der Waals surface area contributed by atoms with Crippen LogP contribution >= 0.6 is 0 Å². The van der Waals surface area contributed by atoms with E-state index < -0.39 is 0 Å². The number of hydrogen-bond acceptors (Lipinski definition) is 3. The van der Waals surface area contributed by atoms with Crippen LogP contribution in [0.15, 0.2) is 18.5 Å². The van der Waals surface area contributed by atoms with Crippen molar-refractivity contribution in [2.75, 3.05) is 6.54 Å². The van der Waals surface area contributed by atoms with Gasteiger partial charge in [0.05, 0.1) is 12.3 Å². The largest absolute Gasteiger partial charge is 0.489 e. The first-order chi connectivity index (χ1) is 8.69. The highest BCUT2D eigenvalue weighted by Crippen LogP contribution is 2.30. The fourth-order valence-corrected chi connectivity index (χ4v) is 2.58. The second kappa shape index (κ2) is 6.19. The van der Waals surface area contributed by atoms with Gasteiger partial charge in [0.15, 0.2) is 0 Å². The summed E-state index contributed by atoms with van der Waals surface area (Å²) in [7, 11) is 0. The molecule has 1 aliphatic heterocycles. The van der Waals surface area contributed by atoms with Crippen LogP contribution in [0.4, 0.5) is 0 Å². The Morgan fingerprint density at radius 3 is 3.00 bits per heavy atom. The third-order valence-electron chi connectivity index (χ3n) is 3.60. The third kappa shape index (κ3) is 3.45. The highest BCUT2D eigenvalue weighted by molar-refractivity contribution is 5.26. The first-order valence-electron chi connectivity index (χ1n) is 7.04. The molecule has 2 rings (SSSR count). The number of nitrogens with one attached hydrogen (secondary N) is 1. The van der Waals surface area contributed by atoms with Gasteiger partial charge < -0.3 is 10.1 Å². The molecule has 0 aromatic carbocycles. The van der Waals surface area contributed by atoms with E-state index in [1.807, 2.05) is 20.0 Å². The van der Waals surface area contributed by atoms with Crippen molar-refractivity contribution in [3.05, 3.63) is 24.0 Å². The van der Waals surface area contributed by atoms with Crippen LogP contribution < -0.4 is 10.1 Å². The number of ether oxygens (including phenoxy) is 1. The van der Waals surface area contributed by atoms with E-state index in [-0.39, 0.29) is 6.10 Å². The van der Waals surface area contributed by atoms with Gasteiger partial charge in [0.1, 0.15) is 5.75 Å². The van der Waals surface area contributed by atoms with Crippen LogP contribution in [0, 0.1) is 5.92 Å². The van der Waals surface area contributed by atoms with Crippen molar-refractivity contribution in [3.63, 3.8) is 0 Å². The molecule has 0 amide bonds. The van der Waals surface area contributed by atoms with Crippen LogP contribution in [-0.2, 0) is 0 Å². The Labute approximate surface area is 110 Å². The van der Waals surface area contributed by atoms with E-state index in [1.165, 1.54) is 24.8 Å². The smallest absolute Gasteiger partial charge is 0.138 e. The zero-order valence-electron chi connectivity index (χ0n) is 11.6. The van der Waals surface area contributed by atoms with E-state index in [4.69, 9.17) is 4.74 Å². The lowest BCUT2D eigenvalue weighted by molar-refractivity contribution is 0.240. The number of piperidine rings is 1. The van der Waals surface area contributed by atoms with Crippen LogP contribution in [0.2, 0.25) is 0 Å². The molecule has 0 saturated carbocycles. The van der Waals surface area contributed by atoms with Crippen molar-refractivity contribution in [1.29, 1.82) is 0 Å². The zero-order valence-corrected chi connectivity index (χ0v) is 11.6. The first kappa shape index (κ1) is 13.3. The van der Waals surface area contributed by atoms with Crippen molar-refractivity contribution < 1.29 is 4.74 Å². The van der Waals surface area contributed by atoms with Gasteiger partial charge in [-0.15, -0.1) is 0 Å². The fourth-order valence-electron chi connectivity index (χ4n) is 2.58. The van der Waals surface area contributed by atoms with Crippen LogP contribution in [0.25, 0.3) is 0 Å². The second-order valence-electron chi connectivity index (χ2n) is 5.43. The normalized spacial score (nSPS) is 24.2. The zero-order chi connectivity index (χ0) is 13.0. The number of aromatic nitrogens is 1. The summed E-state index contributed by atoms with van der Waals surface area (Å²) >= 11 is 0. The molecule has 1 aromatic heterocycles. The Kier molecular flexibility index (Phi) is 4.59. The van der Waals surface area contributed by atoms with Crippen molar-refractivity contribution in [2.45, 2.75) is 52.2 Å². The van der Waals surface area contributed by atoms with E-state index in [0.717, 1.165) is 18.2 Å². The monoisotopic (exact) mass is 248 g/mol. The fraction of sp³-hybridized carbons (Fsp3) is 0.667. The average Bonchev–Trinajstić information content (AvgIpc) is 2.38. The molecule has 0 radical (unpaired) electrons. The molecule has 1 saturated heterocycles. The maximum atomic E-state index is 5.71. The molecule has 3 heteroatoms. The lowest BCUT2D eigenvalue weighted by atomic mass is 9.88. The molecule has 18 heavy (non-hydrogen) atoms. The molecule has 2 unspecified atom stereocenters. The molecule has 3 nitrogen and oxygen atoms in total. The van der Waals surface area contributed by atoms with Gasteiger partial charge in [0, 0.05) is 12.2 Å². The van der Waals surface area contributed by atoms with Gasteiger partial charge in [-0.2, -0.15) is 0 Å². The molecular weight excluding hydrogens is 224 g/mol. The SMILES string of the molecule is CCC1CCNC(c2cncc(OC(C)C)c2)C1. The minimum Gasteiger partial charge on any atom is -0.489 e. The van der Waals surface area contributed by atoms with E-state index >= 15 is 0 Å². The van der Waals surface area contributed by atoms with E-state index in [1.54, 1.807) is 6.20 Å². The summed E-state index contributed by atoms with van der Waals surface area (Å²) in [5.74, 6) is 1.72. The summed E-state index contributed by atoms with van der Waals surface area (Å²) in [6.07, 6.45) is 7.73. The van der Waals surface area contributed by atoms with Crippen molar-refractivity contribution in [1.82, 2.24) is 10.3 Å². The Bertz CT molecular complexity index is 379. The van der Waals surface area contributed by atoms with E-state index in [2.05, 4.69) is 23.3 Å². The van der Waals surface area contributed by atoms with Gasteiger partial charge in [0.2, 0.25) is 0 Å². The quantitative estimate of drug-likeness (QED) is 0.887. The van der Waals surface area contributed by atoms with E-state index in [9.17, 15) is 0 Å². The molecule has 0 spiro atoms. The number of hydrogen-bond donors (Lipinski definition) is 1. The van der Waals surface area contributed by atoms with Gasteiger partial charge in [-0.25, -0.2) is 0 Å². The maximum absolute atomic E-state index is 5.71. The van der Waals surface area contributed by atoms with Gasteiger partial charge in [-0.1, -0.05) is 13.3 Å². The number of pyridine rings is 1. The predicted molar refractivity (Wildman–Crippen MR) is 73.8 cm³/mol. The Morgan fingerprint density at radius 1 is 1.44 bits per heavy atom. The summed E-state index contributed by atoms with van der Waals surface area (Å²) in [5.41, 5.74) is 1.26. The maximum Gasteiger partial charge on any atom is 0.138 e. The van der Waals surface area contributed by atoms with Crippen molar-refractivity contribution >= 4 is 0 Å². The van der Waals surface area contributed by atoms with Crippen molar-refractivity contribution in [2.24, 2.45) is 5.92 Å². The molecule has 1 fully saturated rings. The topological polar surface area (TPSA) is 34.2 Å². The van der Waals surface area contributed by atoms with Crippen LogP contribution in [-0.4, -0.2) is 17.6 Å². The van der Waals surface area contributed by atoms with Gasteiger partial charge in [-0.3, -0.25) is 4.98 Å². The lowest BCUT2D eigenvalue weighted by Gasteiger charge is -2.30. The summed E-state index contributed by atoms with van der Waals surface area (Å²) in [6, 6.07) is 2.56. The number of rotatable bonds is 4. The molecule has 100 valence electrons. The van der Waals surface area contributed by atoms with Crippen LogP contribution in [0.5, 0.6) is 5.75 Å². The molecule has 1 aliphatic rings. The Balaban J connectivity index is 2.07. The Hall–Kier alpha value is -1.09. The predicted octanol–water partition coefficient (Wildman–Crippen LogP) is 3.32.